The Kier molecular flexibility index (Phi) is 7.04. The van der Waals surface area contributed by atoms with Gasteiger partial charge in [0.1, 0.15) is 17.6 Å². The maximum atomic E-state index is 13.4. The number of hydrogen-bond acceptors (Lipinski definition) is 5. The van der Waals surface area contributed by atoms with Crippen LogP contribution in [-0.4, -0.2) is 48.4 Å². The molecule has 3 aromatic rings. The summed E-state index contributed by atoms with van der Waals surface area (Å²) in [6, 6.07) is 11.7. The molecular weight excluding hydrogens is 452 g/mol. The molecule has 0 unspecified atom stereocenters. The summed E-state index contributed by atoms with van der Waals surface area (Å²) in [5.74, 6) is 0.928. The number of methoxy groups -OCH3 is 1. The minimum Gasteiger partial charge on any atom is -0.497 e. The van der Waals surface area contributed by atoms with Crippen LogP contribution in [0, 0.1) is 6.92 Å². The number of amides is 1. The predicted octanol–water partition coefficient (Wildman–Crippen LogP) is 3.43. The standard InChI is InChI=1S/C25H30N4O4S/c1-18-10-11-20(17-22(18)34(31,32)29-13-5-4-6-14-29)25(30)27-23(24-26-12-15-28(24)2)19-8-7-9-21(16-19)33-3/h7-12,15-17,23H,4-6,13-14H2,1-3H3,(H,27,30)/t23-/m0/s1. The number of imidazole rings is 1. The largest absolute Gasteiger partial charge is 0.497 e. The summed E-state index contributed by atoms with van der Waals surface area (Å²) < 4.78 is 35.3. The first-order valence-electron chi connectivity index (χ1n) is 11.3. The van der Waals surface area contributed by atoms with Gasteiger partial charge in [0, 0.05) is 38.1 Å². The smallest absolute Gasteiger partial charge is 0.252 e. The fourth-order valence-corrected chi connectivity index (χ4v) is 6.02. The van der Waals surface area contributed by atoms with Crippen molar-refractivity contribution in [3.8, 4) is 5.75 Å². The van der Waals surface area contributed by atoms with Crippen molar-refractivity contribution in [3.05, 3.63) is 77.4 Å². The van der Waals surface area contributed by atoms with Gasteiger partial charge in [-0.2, -0.15) is 4.31 Å². The number of nitrogens with zero attached hydrogens (tertiary/aromatic N) is 3. The Hall–Kier alpha value is -3.17. The maximum Gasteiger partial charge on any atom is 0.252 e. The van der Waals surface area contributed by atoms with E-state index in [9.17, 15) is 13.2 Å². The molecule has 8 nitrogen and oxygen atoms in total. The number of nitrogens with one attached hydrogen (secondary N) is 1. The van der Waals surface area contributed by atoms with Crippen LogP contribution in [0.4, 0.5) is 0 Å². The second-order valence-corrected chi connectivity index (χ2v) is 10.4. The molecule has 2 heterocycles. The molecule has 180 valence electrons. The minimum absolute atomic E-state index is 0.178. The first kappa shape index (κ1) is 24.0. The third-order valence-corrected chi connectivity index (χ3v) is 8.24. The predicted molar refractivity (Wildman–Crippen MR) is 129 cm³/mol. The molecule has 0 aliphatic carbocycles. The quantitative estimate of drug-likeness (QED) is 0.557. The Morgan fingerprint density at radius 3 is 2.56 bits per heavy atom. The van der Waals surface area contributed by atoms with Gasteiger partial charge in [-0.15, -0.1) is 0 Å². The number of rotatable bonds is 7. The van der Waals surface area contributed by atoms with Gasteiger partial charge in [0.15, 0.2) is 0 Å². The normalized spacial score (nSPS) is 15.6. The molecule has 0 bridgehead atoms. The number of hydrogen-bond donors (Lipinski definition) is 1. The first-order chi connectivity index (χ1) is 16.3. The van der Waals surface area contributed by atoms with Crippen LogP contribution in [0.5, 0.6) is 5.75 Å². The second-order valence-electron chi connectivity index (χ2n) is 8.52. The van der Waals surface area contributed by atoms with Crippen molar-refractivity contribution in [1.29, 1.82) is 0 Å². The SMILES string of the molecule is COc1cccc([C@H](NC(=O)c2ccc(C)c(S(=O)(=O)N3CCCCC3)c2)c2nccn2C)c1. The third-order valence-electron chi connectivity index (χ3n) is 6.20. The molecule has 1 fully saturated rings. The second kappa shape index (κ2) is 9.99. The zero-order valence-corrected chi connectivity index (χ0v) is 20.5. The van der Waals surface area contributed by atoms with Crippen molar-refractivity contribution in [3.63, 3.8) is 0 Å². The van der Waals surface area contributed by atoms with Gasteiger partial charge in [0.05, 0.1) is 12.0 Å². The fraction of sp³-hybridized carbons (Fsp3) is 0.360. The van der Waals surface area contributed by atoms with Crippen molar-refractivity contribution in [1.82, 2.24) is 19.2 Å². The highest BCUT2D eigenvalue weighted by Crippen LogP contribution is 2.27. The van der Waals surface area contributed by atoms with E-state index in [1.54, 1.807) is 32.4 Å². The van der Waals surface area contributed by atoms with E-state index >= 15 is 0 Å². The summed E-state index contributed by atoms with van der Waals surface area (Å²) in [6.45, 7) is 2.77. The van der Waals surface area contributed by atoms with Crippen molar-refractivity contribution in [2.75, 3.05) is 20.2 Å². The molecule has 34 heavy (non-hydrogen) atoms. The molecule has 0 saturated carbocycles. The number of aromatic nitrogens is 2. The van der Waals surface area contributed by atoms with E-state index in [1.807, 2.05) is 42.1 Å². The summed E-state index contributed by atoms with van der Waals surface area (Å²) in [5, 5.41) is 3.04. The van der Waals surface area contributed by atoms with Crippen molar-refractivity contribution in [2.45, 2.75) is 37.1 Å². The number of aryl methyl sites for hydroxylation is 2. The van der Waals surface area contributed by atoms with Crippen LogP contribution >= 0.6 is 0 Å². The Bertz CT molecular complexity index is 1280. The van der Waals surface area contributed by atoms with Crippen LogP contribution in [0.2, 0.25) is 0 Å². The Morgan fingerprint density at radius 2 is 1.88 bits per heavy atom. The van der Waals surface area contributed by atoms with Crippen LogP contribution in [0.1, 0.15) is 52.6 Å². The van der Waals surface area contributed by atoms with Crippen molar-refractivity contribution >= 4 is 15.9 Å². The lowest BCUT2D eigenvalue weighted by Gasteiger charge is -2.26. The van der Waals surface area contributed by atoms with E-state index in [4.69, 9.17) is 4.74 Å². The molecule has 1 aliphatic heterocycles. The number of piperidine rings is 1. The topological polar surface area (TPSA) is 93.5 Å². The van der Waals surface area contributed by atoms with Gasteiger partial charge in [0.25, 0.3) is 5.91 Å². The summed E-state index contributed by atoms with van der Waals surface area (Å²) in [4.78, 5) is 18.0. The van der Waals surface area contributed by atoms with Crippen molar-refractivity contribution in [2.24, 2.45) is 7.05 Å². The summed E-state index contributed by atoms with van der Waals surface area (Å²) in [6.07, 6.45) is 6.22. The molecule has 4 rings (SSSR count). The average Bonchev–Trinajstić information content (AvgIpc) is 3.28. The molecule has 1 aromatic heterocycles. The fourth-order valence-electron chi connectivity index (χ4n) is 4.25. The van der Waals surface area contributed by atoms with Gasteiger partial charge in [-0.25, -0.2) is 13.4 Å². The number of benzene rings is 2. The minimum atomic E-state index is -3.67. The molecule has 0 radical (unpaired) electrons. The van der Waals surface area contributed by atoms with Gasteiger partial charge >= 0.3 is 0 Å². The van der Waals surface area contributed by atoms with E-state index in [0.717, 1.165) is 24.8 Å². The third kappa shape index (κ3) is 4.85. The highest BCUT2D eigenvalue weighted by Gasteiger charge is 2.29. The van der Waals surface area contributed by atoms with Crippen molar-refractivity contribution < 1.29 is 17.9 Å². The molecule has 1 amide bonds. The summed E-state index contributed by atoms with van der Waals surface area (Å²) in [5.41, 5.74) is 1.70. The van der Waals surface area contributed by atoms with E-state index in [0.29, 0.717) is 30.2 Å². The highest BCUT2D eigenvalue weighted by atomic mass is 32.2. The van der Waals surface area contributed by atoms with Gasteiger partial charge < -0.3 is 14.6 Å². The van der Waals surface area contributed by atoms with Gasteiger partial charge in [0.2, 0.25) is 10.0 Å². The van der Waals surface area contributed by atoms with Gasteiger partial charge in [-0.1, -0.05) is 24.6 Å². The Labute approximate surface area is 200 Å². The maximum absolute atomic E-state index is 13.4. The van der Waals surface area contributed by atoms with E-state index < -0.39 is 16.1 Å². The lowest BCUT2D eigenvalue weighted by Crippen LogP contribution is -2.36. The molecule has 0 spiro atoms. The first-order valence-corrected chi connectivity index (χ1v) is 12.8. The lowest BCUT2D eigenvalue weighted by atomic mass is 10.0. The van der Waals surface area contributed by atoms with E-state index in [2.05, 4.69) is 10.3 Å². The number of sulfonamides is 1. The van der Waals surface area contributed by atoms with E-state index in [1.165, 1.54) is 10.4 Å². The zero-order chi connectivity index (χ0) is 24.3. The van der Waals surface area contributed by atoms with Crippen LogP contribution in [0.3, 0.4) is 0 Å². The lowest BCUT2D eigenvalue weighted by molar-refractivity contribution is 0.0941. The highest BCUT2D eigenvalue weighted by molar-refractivity contribution is 7.89. The van der Waals surface area contributed by atoms with Gasteiger partial charge in [-0.05, 0) is 55.2 Å². The van der Waals surface area contributed by atoms with Crippen LogP contribution in [0.15, 0.2) is 59.8 Å². The Balaban J connectivity index is 1.67. The summed E-state index contributed by atoms with van der Waals surface area (Å²) in [7, 11) is -0.223. The molecular formula is C25H30N4O4S. The number of ether oxygens (including phenoxy) is 1. The number of carbonyl (C=O) groups is 1. The monoisotopic (exact) mass is 482 g/mol. The molecule has 1 saturated heterocycles. The Morgan fingerprint density at radius 1 is 1.12 bits per heavy atom. The zero-order valence-electron chi connectivity index (χ0n) is 19.7. The molecule has 2 aromatic carbocycles. The molecule has 1 aliphatic rings. The average molecular weight is 483 g/mol. The van der Waals surface area contributed by atoms with Gasteiger partial charge in [-0.3, -0.25) is 4.79 Å². The van der Waals surface area contributed by atoms with Crippen LogP contribution in [-0.2, 0) is 17.1 Å². The molecule has 9 heteroatoms. The number of carbonyl (C=O) groups excluding carboxylic acids is 1. The van der Waals surface area contributed by atoms with Crippen LogP contribution in [0.25, 0.3) is 0 Å². The molecule has 1 N–H and O–H groups in total. The molecule has 1 atom stereocenters. The summed E-state index contributed by atoms with van der Waals surface area (Å²) >= 11 is 0. The van der Waals surface area contributed by atoms with Crippen LogP contribution < -0.4 is 10.1 Å². The van der Waals surface area contributed by atoms with E-state index in [-0.39, 0.29) is 16.4 Å².